The third-order valence-electron chi connectivity index (χ3n) is 2.04. The number of nitrogens with zero attached hydrogens (tertiary/aromatic N) is 2. The van der Waals surface area contributed by atoms with E-state index < -0.39 is 0 Å². The average molecular weight is 224 g/mol. The first-order valence-corrected chi connectivity index (χ1v) is 5.27. The Balaban J connectivity index is 1.84. The van der Waals surface area contributed by atoms with Crippen LogP contribution in [0.3, 0.4) is 0 Å². The van der Waals surface area contributed by atoms with Gasteiger partial charge in [-0.25, -0.2) is 0 Å². The third kappa shape index (κ3) is 3.91. The van der Waals surface area contributed by atoms with Crippen molar-refractivity contribution >= 4 is 18.5 Å². The zero-order valence-electron chi connectivity index (χ0n) is 9.23. The molecule has 1 heterocycles. The van der Waals surface area contributed by atoms with Crippen molar-refractivity contribution in [2.45, 2.75) is 0 Å². The summed E-state index contributed by atoms with van der Waals surface area (Å²) in [5.74, 6) is 0.689. The first kappa shape index (κ1) is 11.1. The van der Waals surface area contributed by atoms with Gasteiger partial charge in [-0.3, -0.25) is 0 Å². The Bertz CT molecular complexity index is 510. The molecule has 0 saturated carbocycles. The molecule has 0 unspecified atom stereocenters. The highest BCUT2D eigenvalue weighted by Crippen LogP contribution is 1.99. The molecule has 2 aromatic rings. The van der Waals surface area contributed by atoms with Crippen molar-refractivity contribution in [3.05, 3.63) is 66.1 Å². The van der Waals surface area contributed by atoms with Crippen LogP contribution >= 0.6 is 0 Å². The highest BCUT2D eigenvalue weighted by molar-refractivity contribution is 5.80. The molecule has 0 amide bonds. The molecule has 0 radical (unpaired) electrons. The van der Waals surface area contributed by atoms with Crippen molar-refractivity contribution in [1.29, 1.82) is 0 Å². The molecular weight excluding hydrogens is 212 g/mol. The summed E-state index contributed by atoms with van der Waals surface area (Å²) in [6.45, 7) is 0. The first-order chi connectivity index (χ1) is 8.45. The van der Waals surface area contributed by atoms with E-state index in [1.807, 2.05) is 48.6 Å². The highest BCUT2D eigenvalue weighted by Gasteiger charge is 1.85. The van der Waals surface area contributed by atoms with Crippen molar-refractivity contribution in [3.8, 4) is 0 Å². The topological polar surface area (TPSA) is 37.9 Å². The Morgan fingerprint density at radius 2 is 1.82 bits per heavy atom. The summed E-state index contributed by atoms with van der Waals surface area (Å²) in [6, 6.07) is 13.6. The maximum atomic E-state index is 5.07. The fraction of sp³-hybridized carbons (Fsp3) is 0. The van der Waals surface area contributed by atoms with E-state index in [9.17, 15) is 0 Å². The minimum Gasteiger partial charge on any atom is -0.463 e. The van der Waals surface area contributed by atoms with Crippen molar-refractivity contribution < 1.29 is 4.42 Å². The number of allylic oxidation sites excluding steroid dienone is 1. The SMILES string of the molecule is C(=N/N=C/C=C/c1ccccc1)/c1ccco1. The summed E-state index contributed by atoms with van der Waals surface area (Å²) in [6.07, 6.45) is 8.60. The van der Waals surface area contributed by atoms with Gasteiger partial charge >= 0.3 is 0 Å². The molecule has 0 aliphatic rings. The molecule has 0 aliphatic heterocycles. The van der Waals surface area contributed by atoms with Crippen LogP contribution in [-0.2, 0) is 0 Å². The molecule has 1 aromatic heterocycles. The highest BCUT2D eigenvalue weighted by atomic mass is 16.3. The number of furan rings is 1. The van der Waals surface area contributed by atoms with Crippen LogP contribution in [0.15, 0.2) is 69.4 Å². The van der Waals surface area contributed by atoms with Gasteiger partial charge in [-0.15, -0.1) is 0 Å². The number of rotatable bonds is 4. The lowest BCUT2D eigenvalue weighted by atomic mass is 10.2. The standard InChI is InChI=1S/C14H12N2O/c1-2-6-13(7-3-1)8-4-10-15-16-12-14-9-5-11-17-14/h1-12H/b8-4+,15-10+,16-12-. The molecule has 3 nitrogen and oxygen atoms in total. The van der Waals surface area contributed by atoms with Crippen LogP contribution in [0.4, 0.5) is 0 Å². The molecule has 17 heavy (non-hydrogen) atoms. The van der Waals surface area contributed by atoms with Gasteiger partial charge in [0.1, 0.15) is 5.76 Å². The third-order valence-corrected chi connectivity index (χ3v) is 2.04. The molecule has 0 saturated heterocycles. The maximum Gasteiger partial charge on any atom is 0.146 e. The maximum absolute atomic E-state index is 5.07. The van der Waals surface area contributed by atoms with E-state index in [2.05, 4.69) is 10.2 Å². The molecule has 3 heteroatoms. The lowest BCUT2D eigenvalue weighted by Crippen LogP contribution is -1.72. The predicted octanol–water partition coefficient (Wildman–Crippen LogP) is 3.40. The fourth-order valence-corrected chi connectivity index (χ4v) is 1.25. The van der Waals surface area contributed by atoms with Crippen LogP contribution in [-0.4, -0.2) is 12.4 Å². The monoisotopic (exact) mass is 224 g/mol. The molecule has 0 aliphatic carbocycles. The van der Waals surface area contributed by atoms with Crippen LogP contribution in [0.25, 0.3) is 6.08 Å². The summed E-state index contributed by atoms with van der Waals surface area (Å²) in [7, 11) is 0. The van der Waals surface area contributed by atoms with Gasteiger partial charge < -0.3 is 4.42 Å². The normalized spacial score (nSPS) is 12.0. The van der Waals surface area contributed by atoms with Gasteiger partial charge in [0, 0.05) is 6.21 Å². The van der Waals surface area contributed by atoms with Gasteiger partial charge in [-0.05, 0) is 23.8 Å². The molecule has 2 rings (SSSR count). The van der Waals surface area contributed by atoms with Gasteiger partial charge in [0.25, 0.3) is 0 Å². The fourth-order valence-electron chi connectivity index (χ4n) is 1.25. The van der Waals surface area contributed by atoms with Crippen molar-refractivity contribution in [2.24, 2.45) is 10.2 Å². The summed E-state index contributed by atoms with van der Waals surface area (Å²) < 4.78 is 5.07. The Labute approximate surface area is 99.8 Å². The molecule has 84 valence electrons. The molecule has 0 atom stereocenters. The van der Waals surface area contributed by atoms with E-state index in [4.69, 9.17) is 4.42 Å². The molecular formula is C14H12N2O. The van der Waals surface area contributed by atoms with Crippen molar-refractivity contribution in [2.75, 3.05) is 0 Å². The second kappa shape index (κ2) is 6.23. The Morgan fingerprint density at radius 1 is 0.941 bits per heavy atom. The van der Waals surface area contributed by atoms with Gasteiger partial charge in [0.05, 0.1) is 12.5 Å². The van der Waals surface area contributed by atoms with Crippen LogP contribution < -0.4 is 0 Å². The van der Waals surface area contributed by atoms with E-state index in [0.29, 0.717) is 5.76 Å². The van der Waals surface area contributed by atoms with E-state index in [-0.39, 0.29) is 0 Å². The largest absolute Gasteiger partial charge is 0.463 e. The zero-order chi connectivity index (χ0) is 11.8. The zero-order valence-corrected chi connectivity index (χ0v) is 9.23. The molecule has 0 bridgehead atoms. The summed E-state index contributed by atoms with van der Waals surface area (Å²) in [4.78, 5) is 0. The Kier molecular flexibility index (Phi) is 4.06. The number of benzene rings is 1. The second-order valence-corrected chi connectivity index (χ2v) is 3.29. The van der Waals surface area contributed by atoms with Crippen molar-refractivity contribution in [1.82, 2.24) is 0 Å². The first-order valence-electron chi connectivity index (χ1n) is 5.27. The summed E-state index contributed by atoms with van der Waals surface area (Å²) in [5.41, 5.74) is 1.13. The Morgan fingerprint density at radius 3 is 2.59 bits per heavy atom. The predicted molar refractivity (Wildman–Crippen MR) is 70.3 cm³/mol. The van der Waals surface area contributed by atoms with E-state index in [0.717, 1.165) is 5.56 Å². The second-order valence-electron chi connectivity index (χ2n) is 3.29. The lowest BCUT2D eigenvalue weighted by Gasteiger charge is -1.87. The summed E-state index contributed by atoms with van der Waals surface area (Å²) in [5, 5.41) is 7.70. The van der Waals surface area contributed by atoms with Gasteiger partial charge in [-0.2, -0.15) is 10.2 Å². The molecule has 1 aromatic carbocycles. The van der Waals surface area contributed by atoms with Crippen LogP contribution in [0.1, 0.15) is 11.3 Å². The summed E-state index contributed by atoms with van der Waals surface area (Å²) >= 11 is 0. The molecule has 0 spiro atoms. The minimum absolute atomic E-state index is 0.689. The van der Waals surface area contributed by atoms with E-state index in [1.165, 1.54) is 0 Å². The van der Waals surface area contributed by atoms with Gasteiger partial charge in [-0.1, -0.05) is 36.4 Å². The van der Waals surface area contributed by atoms with Crippen LogP contribution in [0.2, 0.25) is 0 Å². The van der Waals surface area contributed by atoms with Gasteiger partial charge in [0.15, 0.2) is 0 Å². The van der Waals surface area contributed by atoms with Gasteiger partial charge in [0.2, 0.25) is 0 Å². The van der Waals surface area contributed by atoms with E-state index in [1.54, 1.807) is 24.8 Å². The number of hydrogen-bond acceptors (Lipinski definition) is 3. The van der Waals surface area contributed by atoms with E-state index >= 15 is 0 Å². The number of hydrogen-bond donors (Lipinski definition) is 0. The smallest absolute Gasteiger partial charge is 0.146 e. The van der Waals surface area contributed by atoms with Crippen LogP contribution in [0, 0.1) is 0 Å². The average Bonchev–Trinajstić information content (AvgIpc) is 2.88. The lowest BCUT2D eigenvalue weighted by molar-refractivity contribution is 0.560. The molecule has 0 N–H and O–H groups in total. The molecule has 0 fully saturated rings. The quantitative estimate of drug-likeness (QED) is 0.579. The van der Waals surface area contributed by atoms with Crippen LogP contribution in [0.5, 0.6) is 0 Å². The minimum atomic E-state index is 0.689. The van der Waals surface area contributed by atoms with Crippen molar-refractivity contribution in [3.63, 3.8) is 0 Å². The Hall–Kier alpha value is -2.42.